The van der Waals surface area contributed by atoms with Gasteiger partial charge in [-0.1, -0.05) is 26.7 Å². The van der Waals surface area contributed by atoms with Crippen molar-refractivity contribution in [2.45, 2.75) is 57.9 Å². The van der Waals surface area contributed by atoms with Crippen molar-refractivity contribution in [3.8, 4) is 0 Å². The Morgan fingerprint density at radius 2 is 1.75 bits per heavy atom. The number of nitrogens with two attached hydrogens (primary N) is 1. The summed E-state index contributed by atoms with van der Waals surface area (Å²) in [6.45, 7) is 6.26. The second kappa shape index (κ2) is 4.02. The summed E-state index contributed by atoms with van der Waals surface area (Å²) in [4.78, 5) is 14.4. The Labute approximate surface area is 98.4 Å². The van der Waals surface area contributed by atoms with Crippen molar-refractivity contribution >= 4 is 5.91 Å². The number of nitrogens with zero attached hydrogens (tertiary/aromatic N) is 1. The lowest BCUT2D eigenvalue weighted by Crippen LogP contribution is -2.56. The minimum atomic E-state index is -0.534. The minimum absolute atomic E-state index is 0.206. The standard InChI is InChI=1S/C13H24N2O/c1-12(2)6-5-9-15(10-12)11(16)13(14)7-3-4-8-13/h3-10,14H2,1-2H3. The molecule has 1 aliphatic carbocycles. The summed E-state index contributed by atoms with van der Waals surface area (Å²) >= 11 is 0. The first-order chi connectivity index (χ1) is 7.43. The maximum Gasteiger partial charge on any atom is 0.242 e. The van der Waals surface area contributed by atoms with E-state index in [-0.39, 0.29) is 11.3 Å². The molecule has 16 heavy (non-hydrogen) atoms. The van der Waals surface area contributed by atoms with Gasteiger partial charge in [-0.3, -0.25) is 4.79 Å². The van der Waals surface area contributed by atoms with Crippen LogP contribution in [0, 0.1) is 5.41 Å². The molecule has 1 saturated heterocycles. The average Bonchev–Trinajstić information content (AvgIpc) is 2.64. The van der Waals surface area contributed by atoms with Crippen LogP contribution >= 0.6 is 0 Å². The van der Waals surface area contributed by atoms with Crippen molar-refractivity contribution in [3.63, 3.8) is 0 Å². The summed E-state index contributed by atoms with van der Waals surface area (Å²) < 4.78 is 0. The van der Waals surface area contributed by atoms with Gasteiger partial charge in [-0.15, -0.1) is 0 Å². The summed E-state index contributed by atoms with van der Waals surface area (Å²) in [5.74, 6) is 0.206. The number of rotatable bonds is 1. The normalized spacial score (nSPS) is 28.1. The molecule has 0 atom stereocenters. The molecule has 2 N–H and O–H groups in total. The highest BCUT2D eigenvalue weighted by molar-refractivity contribution is 5.86. The Hall–Kier alpha value is -0.570. The van der Waals surface area contributed by atoms with Crippen LogP contribution in [-0.4, -0.2) is 29.4 Å². The van der Waals surface area contributed by atoms with E-state index in [1.807, 2.05) is 4.90 Å². The first-order valence-corrected chi connectivity index (χ1v) is 6.51. The number of carbonyl (C=O) groups excluding carboxylic acids is 1. The fraction of sp³-hybridized carbons (Fsp3) is 0.923. The van der Waals surface area contributed by atoms with E-state index in [1.54, 1.807) is 0 Å². The number of hydrogen-bond donors (Lipinski definition) is 1. The molecule has 2 rings (SSSR count). The minimum Gasteiger partial charge on any atom is -0.341 e. The van der Waals surface area contributed by atoms with E-state index >= 15 is 0 Å². The third-order valence-electron chi connectivity index (χ3n) is 4.11. The van der Waals surface area contributed by atoms with Crippen LogP contribution in [-0.2, 0) is 4.79 Å². The van der Waals surface area contributed by atoms with Crippen molar-refractivity contribution in [3.05, 3.63) is 0 Å². The van der Waals surface area contributed by atoms with Crippen molar-refractivity contribution < 1.29 is 4.79 Å². The Morgan fingerprint density at radius 1 is 1.12 bits per heavy atom. The molecule has 2 aliphatic rings. The van der Waals surface area contributed by atoms with Gasteiger partial charge in [0, 0.05) is 13.1 Å². The van der Waals surface area contributed by atoms with Gasteiger partial charge in [0.1, 0.15) is 0 Å². The second-order valence-electron chi connectivity index (χ2n) is 6.36. The maximum atomic E-state index is 12.4. The van der Waals surface area contributed by atoms with Crippen molar-refractivity contribution in [1.82, 2.24) is 4.90 Å². The SMILES string of the molecule is CC1(C)CCCN(C(=O)C2(N)CCCC2)C1. The van der Waals surface area contributed by atoms with E-state index in [2.05, 4.69) is 13.8 Å². The number of hydrogen-bond acceptors (Lipinski definition) is 2. The third-order valence-corrected chi connectivity index (χ3v) is 4.11. The summed E-state index contributed by atoms with van der Waals surface area (Å²) in [5.41, 5.74) is 5.96. The summed E-state index contributed by atoms with van der Waals surface area (Å²) in [6.07, 6.45) is 6.31. The Bertz CT molecular complexity index is 280. The van der Waals surface area contributed by atoms with Gasteiger partial charge in [-0.25, -0.2) is 0 Å². The zero-order chi connectivity index (χ0) is 11.8. The second-order valence-corrected chi connectivity index (χ2v) is 6.36. The Morgan fingerprint density at radius 3 is 2.31 bits per heavy atom. The van der Waals surface area contributed by atoms with Crippen LogP contribution in [0.5, 0.6) is 0 Å². The largest absolute Gasteiger partial charge is 0.341 e. The molecule has 92 valence electrons. The van der Waals surface area contributed by atoms with E-state index in [0.29, 0.717) is 0 Å². The Balaban J connectivity index is 2.04. The smallest absolute Gasteiger partial charge is 0.242 e. The van der Waals surface area contributed by atoms with Crippen LogP contribution in [0.15, 0.2) is 0 Å². The summed E-state index contributed by atoms with van der Waals surface area (Å²) in [7, 11) is 0. The molecule has 1 saturated carbocycles. The quantitative estimate of drug-likeness (QED) is 0.739. The van der Waals surface area contributed by atoms with E-state index < -0.39 is 5.54 Å². The van der Waals surface area contributed by atoms with Gasteiger partial charge in [0.25, 0.3) is 0 Å². The number of likely N-dealkylation sites (tertiary alicyclic amines) is 1. The first-order valence-electron chi connectivity index (χ1n) is 6.51. The molecule has 1 amide bonds. The van der Waals surface area contributed by atoms with Gasteiger partial charge < -0.3 is 10.6 Å². The van der Waals surface area contributed by atoms with Gasteiger partial charge in [-0.2, -0.15) is 0 Å². The molecular weight excluding hydrogens is 200 g/mol. The van der Waals surface area contributed by atoms with E-state index in [4.69, 9.17) is 5.73 Å². The molecule has 0 aromatic rings. The molecule has 0 unspecified atom stereocenters. The molecular formula is C13H24N2O. The lowest BCUT2D eigenvalue weighted by Gasteiger charge is -2.41. The van der Waals surface area contributed by atoms with Crippen molar-refractivity contribution in [2.24, 2.45) is 11.1 Å². The van der Waals surface area contributed by atoms with Gasteiger partial charge in [0.15, 0.2) is 0 Å². The lowest BCUT2D eigenvalue weighted by atomic mass is 9.83. The highest BCUT2D eigenvalue weighted by atomic mass is 16.2. The van der Waals surface area contributed by atoms with Gasteiger partial charge in [0.05, 0.1) is 5.54 Å². The monoisotopic (exact) mass is 224 g/mol. The third kappa shape index (κ3) is 2.24. The van der Waals surface area contributed by atoms with Crippen LogP contribution in [0.25, 0.3) is 0 Å². The van der Waals surface area contributed by atoms with Gasteiger partial charge >= 0.3 is 0 Å². The topological polar surface area (TPSA) is 46.3 Å². The average molecular weight is 224 g/mol. The predicted molar refractivity (Wildman–Crippen MR) is 65.0 cm³/mol. The van der Waals surface area contributed by atoms with Crippen LogP contribution in [0.2, 0.25) is 0 Å². The van der Waals surface area contributed by atoms with Crippen LogP contribution in [0.4, 0.5) is 0 Å². The summed E-state index contributed by atoms with van der Waals surface area (Å²) in [6, 6.07) is 0. The van der Waals surface area contributed by atoms with Gasteiger partial charge in [-0.05, 0) is 31.1 Å². The zero-order valence-electron chi connectivity index (χ0n) is 10.6. The lowest BCUT2D eigenvalue weighted by molar-refractivity contribution is -0.139. The maximum absolute atomic E-state index is 12.4. The number of amides is 1. The molecule has 1 heterocycles. The molecule has 0 aromatic carbocycles. The molecule has 1 aliphatic heterocycles. The molecule has 0 radical (unpaired) electrons. The predicted octanol–water partition coefficient (Wildman–Crippen LogP) is 1.91. The molecule has 2 fully saturated rings. The summed E-state index contributed by atoms with van der Waals surface area (Å²) in [5, 5.41) is 0. The molecule has 3 nitrogen and oxygen atoms in total. The number of piperidine rings is 1. The highest BCUT2D eigenvalue weighted by Gasteiger charge is 2.41. The van der Waals surface area contributed by atoms with Crippen LogP contribution in [0.3, 0.4) is 0 Å². The van der Waals surface area contributed by atoms with Crippen molar-refractivity contribution in [1.29, 1.82) is 0 Å². The van der Waals surface area contributed by atoms with Gasteiger partial charge in [0.2, 0.25) is 5.91 Å². The van der Waals surface area contributed by atoms with Crippen LogP contribution < -0.4 is 5.73 Å². The number of carbonyl (C=O) groups is 1. The highest BCUT2D eigenvalue weighted by Crippen LogP contribution is 2.33. The molecule has 0 aromatic heterocycles. The Kier molecular flexibility index (Phi) is 2.99. The van der Waals surface area contributed by atoms with E-state index in [1.165, 1.54) is 6.42 Å². The van der Waals surface area contributed by atoms with Crippen LogP contribution in [0.1, 0.15) is 52.4 Å². The molecule has 0 bridgehead atoms. The molecule has 0 spiro atoms. The van der Waals surface area contributed by atoms with E-state index in [0.717, 1.165) is 45.2 Å². The fourth-order valence-corrected chi connectivity index (χ4v) is 3.13. The fourth-order valence-electron chi connectivity index (χ4n) is 3.13. The molecule has 3 heteroatoms. The first kappa shape index (κ1) is 11.9. The van der Waals surface area contributed by atoms with Crippen molar-refractivity contribution in [2.75, 3.05) is 13.1 Å². The zero-order valence-corrected chi connectivity index (χ0v) is 10.6. The van der Waals surface area contributed by atoms with E-state index in [9.17, 15) is 4.79 Å².